The zero-order valence-corrected chi connectivity index (χ0v) is 35.8. The number of hydrogen-bond acceptors (Lipinski definition) is 3. The normalized spacial score (nSPS) is 12.4. The fraction of sp³-hybridized carbons (Fsp3) is 0.236. The minimum absolute atomic E-state index is 0.0989. The third-order valence-corrected chi connectivity index (χ3v) is 11.5. The topological polar surface area (TPSA) is 50.9 Å². The predicted molar refractivity (Wildman–Crippen MR) is 249 cm³/mol. The van der Waals surface area contributed by atoms with Crippen LogP contribution in [0.3, 0.4) is 0 Å². The number of aromatic hydroxyl groups is 1. The molecule has 0 fully saturated rings. The van der Waals surface area contributed by atoms with Crippen LogP contribution in [0.25, 0.3) is 72.7 Å². The van der Waals surface area contributed by atoms with Crippen LogP contribution < -0.4 is 0 Å². The molecule has 0 aliphatic heterocycles. The quantitative estimate of drug-likeness (QED) is 0.159. The Hall–Kier alpha value is -6.26. The third kappa shape index (κ3) is 7.72. The molecule has 0 unspecified atom stereocenters. The molecule has 296 valence electrons. The van der Waals surface area contributed by atoms with Crippen LogP contribution in [0.5, 0.6) is 5.75 Å². The molecule has 0 amide bonds. The van der Waals surface area contributed by atoms with Crippen LogP contribution in [0.1, 0.15) is 104 Å². The summed E-state index contributed by atoms with van der Waals surface area (Å²) in [5, 5.41) is 12.2. The van der Waals surface area contributed by atoms with Gasteiger partial charge < -0.3 is 5.11 Å². The first-order valence-corrected chi connectivity index (χ1v) is 20.8. The summed E-state index contributed by atoms with van der Waals surface area (Å²) >= 11 is 0. The summed E-state index contributed by atoms with van der Waals surface area (Å²) in [6.07, 6.45) is 1.90. The Bertz CT molecular complexity index is 2840. The van der Waals surface area contributed by atoms with Crippen molar-refractivity contribution in [3.63, 3.8) is 0 Å². The molecule has 6 aromatic carbocycles. The van der Waals surface area contributed by atoms with Gasteiger partial charge in [0.2, 0.25) is 0 Å². The number of aromatic nitrogens is 3. The molecule has 0 aliphatic carbocycles. The Morgan fingerprint density at radius 3 is 1.92 bits per heavy atom. The molecule has 0 atom stereocenters. The summed E-state index contributed by atoms with van der Waals surface area (Å²) < 4.78 is 11.2. The van der Waals surface area contributed by atoms with Gasteiger partial charge in [-0.2, -0.15) is 0 Å². The maximum Gasteiger partial charge on any atom is 0.149 e. The molecule has 0 bridgehead atoms. The fourth-order valence-corrected chi connectivity index (χ4v) is 8.03. The first kappa shape index (κ1) is 38.3. The van der Waals surface area contributed by atoms with Gasteiger partial charge in [0.1, 0.15) is 11.6 Å². The molecule has 4 heteroatoms. The van der Waals surface area contributed by atoms with Crippen molar-refractivity contribution in [2.75, 3.05) is 0 Å². The SMILES string of the molecule is [2H]C(C)(C)c1ccc(-n2c(-c3cc(C(C)C)cc(C(C)C)c3O)nc3c(-c4cc(-c5cc(-c6ccccc6)ccn5)cc(C(C)(C)C)c4)cccc32)c(-c2ccccc2)c1. The van der Waals surface area contributed by atoms with Gasteiger partial charge in [0.05, 0.1) is 28.0 Å². The number of hydrogen-bond donors (Lipinski definition) is 1. The van der Waals surface area contributed by atoms with Crippen LogP contribution in [0.2, 0.25) is 0 Å². The third-order valence-electron chi connectivity index (χ3n) is 11.5. The molecule has 59 heavy (non-hydrogen) atoms. The van der Waals surface area contributed by atoms with E-state index >= 15 is 0 Å². The summed E-state index contributed by atoms with van der Waals surface area (Å²) in [5.41, 5.74) is 15.7. The van der Waals surface area contributed by atoms with Crippen molar-refractivity contribution in [2.45, 2.75) is 85.5 Å². The lowest BCUT2D eigenvalue weighted by molar-refractivity contribution is 0.466. The highest BCUT2D eigenvalue weighted by Crippen LogP contribution is 2.44. The van der Waals surface area contributed by atoms with Crippen LogP contribution in [0.15, 0.2) is 146 Å². The van der Waals surface area contributed by atoms with Crippen LogP contribution >= 0.6 is 0 Å². The van der Waals surface area contributed by atoms with Gasteiger partial charge in [0, 0.05) is 24.3 Å². The molecule has 8 rings (SSSR count). The van der Waals surface area contributed by atoms with Crippen LogP contribution in [-0.4, -0.2) is 19.6 Å². The maximum atomic E-state index is 12.2. The average molecular weight is 775 g/mol. The van der Waals surface area contributed by atoms with E-state index in [1.807, 2.05) is 32.2 Å². The number of phenols is 1. The van der Waals surface area contributed by atoms with Crippen molar-refractivity contribution in [1.29, 1.82) is 0 Å². The molecule has 8 aromatic rings. The summed E-state index contributed by atoms with van der Waals surface area (Å²) in [6.45, 7) is 19.3. The molecule has 0 saturated carbocycles. The van der Waals surface area contributed by atoms with Crippen molar-refractivity contribution < 1.29 is 6.48 Å². The highest BCUT2D eigenvalue weighted by molar-refractivity contribution is 5.98. The minimum Gasteiger partial charge on any atom is -0.507 e. The van der Waals surface area contributed by atoms with E-state index in [1.165, 1.54) is 5.56 Å². The van der Waals surface area contributed by atoms with Crippen molar-refractivity contribution in [3.05, 3.63) is 168 Å². The van der Waals surface area contributed by atoms with E-state index in [9.17, 15) is 5.11 Å². The molecule has 4 nitrogen and oxygen atoms in total. The number of para-hydroxylation sites is 1. The van der Waals surface area contributed by atoms with Gasteiger partial charge in [-0.05, 0) is 116 Å². The zero-order chi connectivity index (χ0) is 42.5. The zero-order valence-electron chi connectivity index (χ0n) is 36.8. The van der Waals surface area contributed by atoms with Gasteiger partial charge in [-0.15, -0.1) is 0 Å². The number of phenolic OH excluding ortho intramolecular Hbond substituents is 1. The molecule has 2 aromatic heterocycles. The number of rotatable bonds is 9. The number of benzene rings is 6. The lowest BCUT2D eigenvalue weighted by atomic mass is 9.83. The highest BCUT2D eigenvalue weighted by atomic mass is 16.3. The predicted octanol–water partition coefficient (Wildman–Crippen LogP) is 15.1. The number of fused-ring (bicyclic) bond motifs is 1. The van der Waals surface area contributed by atoms with Crippen LogP contribution in [0.4, 0.5) is 0 Å². The standard InChI is InChI=1S/C55H55N3O/c1-34(2)39-23-24-50(47(30-39)38-19-14-11-15-20-38)58-51-22-16-21-45(52(51)57-54(58)48-32-41(35(3)4)31-46(36(5)6)53(48)59)42-27-43(29-44(28-42)55(7,8)9)49-33-40(25-26-56-49)37-17-12-10-13-18-37/h10-36,59H,1-9H3/i34D. The monoisotopic (exact) mass is 774 g/mol. The van der Waals surface area contributed by atoms with E-state index < -0.39 is 5.89 Å². The Morgan fingerprint density at radius 1 is 0.576 bits per heavy atom. The summed E-state index contributed by atoms with van der Waals surface area (Å²) in [7, 11) is 0. The van der Waals surface area contributed by atoms with Crippen molar-refractivity contribution in [1.82, 2.24) is 14.5 Å². The van der Waals surface area contributed by atoms with Gasteiger partial charge in [0.15, 0.2) is 0 Å². The van der Waals surface area contributed by atoms with Crippen molar-refractivity contribution in [2.24, 2.45) is 0 Å². The highest BCUT2D eigenvalue weighted by Gasteiger charge is 2.26. The first-order valence-electron chi connectivity index (χ1n) is 21.3. The van der Waals surface area contributed by atoms with Gasteiger partial charge in [-0.25, -0.2) is 4.98 Å². The number of nitrogens with zero attached hydrogens (tertiary/aromatic N) is 3. The molecule has 0 saturated heterocycles. The van der Waals surface area contributed by atoms with Crippen molar-refractivity contribution >= 4 is 11.0 Å². The molecule has 2 heterocycles. The lowest BCUT2D eigenvalue weighted by Gasteiger charge is -2.22. The summed E-state index contributed by atoms with van der Waals surface area (Å²) in [5.74, 6) is 0.442. The molecule has 0 aliphatic rings. The Labute approximate surface area is 351 Å². The fourth-order valence-electron chi connectivity index (χ4n) is 8.03. The largest absolute Gasteiger partial charge is 0.507 e. The van der Waals surface area contributed by atoms with Gasteiger partial charge in [0.25, 0.3) is 0 Å². The second-order valence-corrected chi connectivity index (χ2v) is 17.7. The summed E-state index contributed by atoms with van der Waals surface area (Å²) in [6, 6.07) is 48.9. The number of imidazole rings is 1. The van der Waals surface area contributed by atoms with Crippen molar-refractivity contribution in [3.8, 4) is 67.5 Å². The second kappa shape index (κ2) is 15.8. The Kier molecular flexibility index (Phi) is 10.3. The van der Waals surface area contributed by atoms with E-state index in [-0.39, 0.29) is 23.0 Å². The van der Waals surface area contributed by atoms with Gasteiger partial charge in [-0.3, -0.25) is 9.55 Å². The van der Waals surface area contributed by atoms with Crippen LogP contribution in [-0.2, 0) is 5.41 Å². The van der Waals surface area contributed by atoms with E-state index in [0.29, 0.717) is 11.4 Å². The van der Waals surface area contributed by atoms with Gasteiger partial charge >= 0.3 is 0 Å². The van der Waals surface area contributed by atoms with E-state index in [1.54, 1.807) is 0 Å². The molecular weight excluding hydrogens is 719 g/mol. The molecule has 1 N–H and O–H groups in total. The molecule has 0 radical (unpaired) electrons. The average Bonchev–Trinajstić information content (AvgIpc) is 3.62. The summed E-state index contributed by atoms with van der Waals surface area (Å²) in [4.78, 5) is 10.5. The van der Waals surface area contributed by atoms with Gasteiger partial charge in [-0.1, -0.05) is 153 Å². The lowest BCUT2D eigenvalue weighted by Crippen LogP contribution is -2.11. The van der Waals surface area contributed by atoms with E-state index in [2.05, 4.69) is 180 Å². The van der Waals surface area contributed by atoms with Crippen LogP contribution in [0, 0.1) is 0 Å². The first-order chi connectivity index (χ1) is 28.6. The molecule has 0 spiro atoms. The molecular formula is C55H55N3O. The van der Waals surface area contributed by atoms with E-state index in [4.69, 9.17) is 11.3 Å². The van der Waals surface area contributed by atoms with E-state index in [0.717, 1.165) is 78.0 Å². The minimum atomic E-state index is -0.809. The maximum absolute atomic E-state index is 12.2. The second-order valence-electron chi connectivity index (χ2n) is 17.7. The number of pyridine rings is 1. The Balaban J connectivity index is 1.45. The Morgan fingerprint density at radius 2 is 1.25 bits per heavy atom. The smallest absolute Gasteiger partial charge is 0.149 e.